The Morgan fingerprint density at radius 2 is 1.89 bits per heavy atom. The van der Waals surface area contributed by atoms with Gasteiger partial charge in [-0.15, -0.1) is 13.2 Å². The van der Waals surface area contributed by atoms with E-state index >= 15 is 0 Å². The number of benzene rings is 1. The molecule has 1 aliphatic rings. The summed E-state index contributed by atoms with van der Waals surface area (Å²) in [5.74, 6) is 0. The van der Waals surface area contributed by atoms with Gasteiger partial charge in [0.05, 0.1) is 5.66 Å². The van der Waals surface area contributed by atoms with Crippen molar-refractivity contribution in [2.45, 2.75) is 24.9 Å². The van der Waals surface area contributed by atoms with Crippen LogP contribution >= 0.6 is 0 Å². The van der Waals surface area contributed by atoms with Crippen LogP contribution in [0.25, 0.3) is 0 Å². The van der Waals surface area contributed by atoms with E-state index in [1.165, 1.54) is 11.1 Å². The van der Waals surface area contributed by atoms with Crippen LogP contribution < -0.4 is 5.73 Å². The van der Waals surface area contributed by atoms with E-state index < -0.39 is 0 Å². The first-order valence-electron chi connectivity index (χ1n) is 6.56. The Morgan fingerprint density at radius 1 is 1.22 bits per heavy atom. The number of fused-ring (bicyclic) bond motifs is 1. The average molecular weight is 242 g/mol. The maximum absolute atomic E-state index is 6.72. The summed E-state index contributed by atoms with van der Waals surface area (Å²) in [6, 6.07) is 8.52. The maximum Gasteiger partial charge on any atom is 0.0958 e. The first-order valence-corrected chi connectivity index (χ1v) is 6.56. The van der Waals surface area contributed by atoms with E-state index in [1.54, 1.807) is 0 Å². The van der Waals surface area contributed by atoms with Gasteiger partial charge in [0.2, 0.25) is 0 Å². The summed E-state index contributed by atoms with van der Waals surface area (Å²) in [6.07, 6.45) is 7.08. The van der Waals surface area contributed by atoms with E-state index in [0.29, 0.717) is 0 Å². The molecule has 0 spiro atoms. The van der Waals surface area contributed by atoms with Gasteiger partial charge < -0.3 is 5.73 Å². The largest absolute Gasteiger partial charge is 0.309 e. The van der Waals surface area contributed by atoms with E-state index in [-0.39, 0.29) is 5.66 Å². The molecule has 2 N–H and O–H groups in total. The highest BCUT2D eigenvalue weighted by Gasteiger charge is 2.36. The van der Waals surface area contributed by atoms with E-state index in [9.17, 15) is 0 Å². The van der Waals surface area contributed by atoms with Gasteiger partial charge >= 0.3 is 0 Å². The molecule has 2 nitrogen and oxygen atoms in total. The Labute approximate surface area is 110 Å². The van der Waals surface area contributed by atoms with E-state index in [0.717, 1.165) is 32.4 Å². The number of nitrogens with zero attached hydrogens (tertiary/aromatic N) is 1. The normalized spacial score (nSPS) is 22.6. The van der Waals surface area contributed by atoms with Gasteiger partial charge in [-0.25, -0.2) is 0 Å². The van der Waals surface area contributed by atoms with Crippen LogP contribution in [-0.2, 0) is 12.1 Å². The van der Waals surface area contributed by atoms with Crippen molar-refractivity contribution < 1.29 is 0 Å². The number of hydrogen-bond acceptors (Lipinski definition) is 2. The minimum atomic E-state index is -0.378. The molecule has 1 aromatic carbocycles. The standard InChI is InChI=1S/C16H22N2/c1-3-12-18(13-4-2)16(17)11-7-9-14-8-5-6-10-15(14)16/h3-6,8,10H,1-2,7,9,11-13,17H2. The Morgan fingerprint density at radius 3 is 2.56 bits per heavy atom. The van der Waals surface area contributed by atoms with Crippen molar-refractivity contribution in [1.29, 1.82) is 0 Å². The van der Waals surface area contributed by atoms with Gasteiger partial charge in [0.1, 0.15) is 0 Å². The Kier molecular flexibility index (Phi) is 4.00. The Hall–Kier alpha value is -1.38. The fourth-order valence-electron chi connectivity index (χ4n) is 2.88. The molecule has 1 aromatic rings. The first-order chi connectivity index (χ1) is 8.72. The monoisotopic (exact) mass is 242 g/mol. The highest BCUT2D eigenvalue weighted by Crippen LogP contribution is 2.35. The fourth-order valence-corrected chi connectivity index (χ4v) is 2.88. The van der Waals surface area contributed by atoms with Crippen LogP contribution in [0.2, 0.25) is 0 Å². The zero-order chi connectivity index (χ0) is 13.0. The number of nitrogens with two attached hydrogens (primary N) is 1. The van der Waals surface area contributed by atoms with Crippen molar-refractivity contribution in [3.8, 4) is 0 Å². The van der Waals surface area contributed by atoms with E-state index in [1.807, 2.05) is 12.2 Å². The second-order valence-electron chi connectivity index (χ2n) is 4.92. The number of hydrogen-bond donors (Lipinski definition) is 1. The smallest absolute Gasteiger partial charge is 0.0958 e. The van der Waals surface area contributed by atoms with Crippen molar-refractivity contribution in [2.24, 2.45) is 5.73 Å². The number of rotatable bonds is 5. The lowest BCUT2D eigenvalue weighted by molar-refractivity contribution is 0.0986. The van der Waals surface area contributed by atoms with Crippen molar-refractivity contribution in [3.05, 3.63) is 60.7 Å². The molecular formula is C16H22N2. The van der Waals surface area contributed by atoms with Crippen LogP contribution in [0.1, 0.15) is 24.0 Å². The van der Waals surface area contributed by atoms with Gasteiger partial charge in [-0.05, 0) is 30.4 Å². The van der Waals surface area contributed by atoms with Crippen molar-refractivity contribution in [3.63, 3.8) is 0 Å². The summed E-state index contributed by atoms with van der Waals surface area (Å²) in [7, 11) is 0. The molecule has 1 unspecified atom stereocenters. The lowest BCUT2D eigenvalue weighted by Crippen LogP contribution is -2.55. The van der Waals surface area contributed by atoms with E-state index in [2.05, 4.69) is 42.3 Å². The molecule has 0 amide bonds. The topological polar surface area (TPSA) is 29.3 Å². The maximum atomic E-state index is 6.72. The van der Waals surface area contributed by atoms with Crippen LogP contribution in [0.15, 0.2) is 49.6 Å². The van der Waals surface area contributed by atoms with Gasteiger partial charge in [0, 0.05) is 13.1 Å². The van der Waals surface area contributed by atoms with Crippen LogP contribution in [-0.4, -0.2) is 18.0 Å². The summed E-state index contributed by atoms with van der Waals surface area (Å²) < 4.78 is 0. The second-order valence-corrected chi connectivity index (χ2v) is 4.92. The summed E-state index contributed by atoms with van der Waals surface area (Å²) in [4.78, 5) is 2.25. The zero-order valence-electron chi connectivity index (χ0n) is 10.9. The van der Waals surface area contributed by atoms with E-state index in [4.69, 9.17) is 5.73 Å². The fraction of sp³-hybridized carbons (Fsp3) is 0.375. The molecule has 1 atom stereocenters. The lowest BCUT2D eigenvalue weighted by Gasteiger charge is -2.44. The molecule has 1 aliphatic carbocycles. The molecular weight excluding hydrogens is 220 g/mol. The predicted octanol–water partition coefficient (Wildman–Crippen LogP) is 2.81. The minimum Gasteiger partial charge on any atom is -0.309 e. The summed E-state index contributed by atoms with van der Waals surface area (Å²) in [5, 5.41) is 0. The van der Waals surface area contributed by atoms with Crippen molar-refractivity contribution >= 4 is 0 Å². The molecule has 0 heterocycles. The van der Waals surface area contributed by atoms with Gasteiger partial charge in [-0.2, -0.15) is 0 Å². The Bertz CT molecular complexity index is 428. The Balaban J connectivity index is 2.40. The molecule has 0 saturated carbocycles. The van der Waals surface area contributed by atoms with Gasteiger partial charge in [0.15, 0.2) is 0 Å². The molecule has 2 heteroatoms. The number of aryl methyl sites for hydroxylation is 1. The van der Waals surface area contributed by atoms with Crippen LogP contribution in [0, 0.1) is 0 Å². The molecule has 96 valence electrons. The third-order valence-electron chi connectivity index (χ3n) is 3.75. The molecule has 0 fully saturated rings. The highest BCUT2D eigenvalue weighted by atomic mass is 15.3. The molecule has 0 aromatic heterocycles. The predicted molar refractivity (Wildman–Crippen MR) is 77.2 cm³/mol. The SMILES string of the molecule is C=CCN(CC=C)C1(N)CCCc2ccccc21. The summed E-state index contributed by atoms with van der Waals surface area (Å²) in [6.45, 7) is 9.24. The van der Waals surface area contributed by atoms with Gasteiger partial charge in [-0.1, -0.05) is 36.4 Å². The molecule has 0 aliphatic heterocycles. The molecule has 0 radical (unpaired) electrons. The van der Waals surface area contributed by atoms with Crippen molar-refractivity contribution in [2.75, 3.05) is 13.1 Å². The van der Waals surface area contributed by atoms with Crippen molar-refractivity contribution in [1.82, 2.24) is 4.90 Å². The van der Waals surface area contributed by atoms with Crippen LogP contribution in [0.5, 0.6) is 0 Å². The zero-order valence-corrected chi connectivity index (χ0v) is 10.9. The summed E-state index contributed by atoms with van der Waals surface area (Å²) in [5.41, 5.74) is 8.98. The first kappa shape index (κ1) is 13.1. The lowest BCUT2D eigenvalue weighted by atomic mass is 9.82. The molecule has 0 saturated heterocycles. The van der Waals surface area contributed by atoms with Gasteiger partial charge in [-0.3, -0.25) is 4.90 Å². The highest BCUT2D eigenvalue weighted by molar-refractivity contribution is 5.35. The molecule has 0 bridgehead atoms. The third kappa shape index (κ3) is 2.26. The quantitative estimate of drug-likeness (QED) is 0.635. The minimum absolute atomic E-state index is 0.378. The second kappa shape index (κ2) is 5.51. The molecule has 18 heavy (non-hydrogen) atoms. The van der Waals surface area contributed by atoms with Crippen LogP contribution in [0.3, 0.4) is 0 Å². The van der Waals surface area contributed by atoms with Gasteiger partial charge in [0.25, 0.3) is 0 Å². The molecule has 2 rings (SSSR count). The average Bonchev–Trinajstić information content (AvgIpc) is 2.39. The van der Waals surface area contributed by atoms with Crippen LogP contribution in [0.4, 0.5) is 0 Å². The third-order valence-corrected chi connectivity index (χ3v) is 3.75. The summed E-state index contributed by atoms with van der Waals surface area (Å²) >= 11 is 0.